The first-order valence-corrected chi connectivity index (χ1v) is 6.79. The molecule has 1 unspecified atom stereocenters. The molecule has 21 heavy (non-hydrogen) atoms. The van der Waals surface area contributed by atoms with Gasteiger partial charge in [0.25, 0.3) is 0 Å². The van der Waals surface area contributed by atoms with Crippen LogP contribution in [-0.4, -0.2) is 23.7 Å². The van der Waals surface area contributed by atoms with Crippen molar-refractivity contribution in [2.45, 2.75) is 33.3 Å². The summed E-state index contributed by atoms with van der Waals surface area (Å²) < 4.78 is 26.7. The van der Waals surface area contributed by atoms with Gasteiger partial charge in [0.15, 0.2) is 0 Å². The van der Waals surface area contributed by atoms with E-state index in [1.165, 1.54) is 6.07 Å². The molecule has 0 aromatic heterocycles. The van der Waals surface area contributed by atoms with Crippen LogP contribution in [0, 0.1) is 17.0 Å². The summed E-state index contributed by atoms with van der Waals surface area (Å²) >= 11 is 0. The molecule has 0 saturated heterocycles. The number of aliphatic hydroxyl groups excluding tert-OH is 1. The van der Waals surface area contributed by atoms with Crippen LogP contribution in [-0.2, 0) is 4.79 Å². The van der Waals surface area contributed by atoms with Crippen molar-refractivity contribution in [3.8, 4) is 0 Å². The zero-order valence-electron chi connectivity index (χ0n) is 12.5. The zero-order valence-corrected chi connectivity index (χ0v) is 12.5. The molecule has 116 valence electrons. The molecule has 0 heterocycles. The van der Waals surface area contributed by atoms with Crippen LogP contribution >= 0.6 is 0 Å². The maximum atomic E-state index is 13.4. The highest BCUT2D eigenvalue weighted by molar-refractivity contribution is 5.91. The molecule has 0 aliphatic rings. The molecular weight excluding hydrogens is 276 g/mol. The van der Waals surface area contributed by atoms with Gasteiger partial charge in [-0.2, -0.15) is 0 Å². The quantitative estimate of drug-likeness (QED) is 0.793. The van der Waals surface area contributed by atoms with E-state index in [2.05, 4.69) is 5.32 Å². The van der Waals surface area contributed by atoms with Crippen molar-refractivity contribution in [2.75, 3.05) is 6.54 Å². The largest absolute Gasteiger partial charge is 0.393 e. The van der Waals surface area contributed by atoms with E-state index in [1.54, 1.807) is 6.92 Å². The van der Waals surface area contributed by atoms with Gasteiger partial charge < -0.3 is 10.4 Å². The molecule has 0 aliphatic heterocycles. The number of aliphatic hydroxyl groups is 1. The van der Waals surface area contributed by atoms with Crippen LogP contribution < -0.4 is 5.32 Å². The Bertz CT molecular complexity index is 505. The van der Waals surface area contributed by atoms with E-state index >= 15 is 0 Å². The summed E-state index contributed by atoms with van der Waals surface area (Å²) in [5, 5.41) is 12.0. The second kappa shape index (κ2) is 7.31. The highest BCUT2D eigenvalue weighted by Crippen LogP contribution is 2.21. The fourth-order valence-corrected chi connectivity index (χ4v) is 2.09. The molecule has 3 nitrogen and oxygen atoms in total. The second-order valence-electron chi connectivity index (χ2n) is 5.90. The summed E-state index contributed by atoms with van der Waals surface area (Å²) in [5.41, 5.74) is -0.503. The SMILES string of the molecule is CC(O)CC(C)(C)CNC(=O)C=Cc1c(F)cccc1F. The minimum atomic E-state index is -0.714. The Morgan fingerprint density at radius 2 is 1.95 bits per heavy atom. The van der Waals surface area contributed by atoms with Crippen molar-refractivity contribution in [3.05, 3.63) is 41.5 Å². The third-order valence-corrected chi connectivity index (χ3v) is 2.99. The molecule has 0 aliphatic carbocycles. The van der Waals surface area contributed by atoms with Crippen LogP contribution in [0.1, 0.15) is 32.8 Å². The van der Waals surface area contributed by atoms with Gasteiger partial charge in [0, 0.05) is 18.2 Å². The maximum absolute atomic E-state index is 13.4. The second-order valence-corrected chi connectivity index (χ2v) is 5.90. The van der Waals surface area contributed by atoms with E-state index in [0.717, 1.165) is 24.3 Å². The average molecular weight is 297 g/mol. The lowest BCUT2D eigenvalue weighted by molar-refractivity contribution is -0.117. The first-order valence-electron chi connectivity index (χ1n) is 6.79. The topological polar surface area (TPSA) is 49.3 Å². The molecule has 1 aromatic carbocycles. The lowest BCUT2D eigenvalue weighted by atomic mass is 9.87. The lowest BCUT2D eigenvalue weighted by Gasteiger charge is -2.26. The monoisotopic (exact) mass is 297 g/mol. The number of hydrogen-bond acceptors (Lipinski definition) is 2. The molecule has 2 N–H and O–H groups in total. The summed E-state index contributed by atoms with van der Waals surface area (Å²) in [7, 11) is 0. The van der Waals surface area contributed by atoms with Gasteiger partial charge in [0.2, 0.25) is 5.91 Å². The summed E-state index contributed by atoms with van der Waals surface area (Å²) in [6, 6.07) is 3.53. The fraction of sp³-hybridized carbons (Fsp3) is 0.438. The van der Waals surface area contributed by atoms with Gasteiger partial charge in [-0.1, -0.05) is 19.9 Å². The Morgan fingerprint density at radius 3 is 2.48 bits per heavy atom. The van der Waals surface area contributed by atoms with Gasteiger partial charge in [0.1, 0.15) is 11.6 Å². The molecule has 0 radical (unpaired) electrons. The van der Waals surface area contributed by atoms with E-state index in [0.29, 0.717) is 13.0 Å². The van der Waals surface area contributed by atoms with E-state index in [-0.39, 0.29) is 11.0 Å². The van der Waals surface area contributed by atoms with Crippen molar-refractivity contribution >= 4 is 12.0 Å². The first-order chi connectivity index (χ1) is 9.71. The van der Waals surface area contributed by atoms with Crippen LogP contribution in [0.15, 0.2) is 24.3 Å². The van der Waals surface area contributed by atoms with Crippen LogP contribution in [0.3, 0.4) is 0 Å². The van der Waals surface area contributed by atoms with Crippen LogP contribution in [0.2, 0.25) is 0 Å². The number of benzene rings is 1. The minimum absolute atomic E-state index is 0.240. The summed E-state index contributed by atoms with van der Waals surface area (Å²) in [4.78, 5) is 11.7. The number of amides is 1. The molecule has 1 atom stereocenters. The zero-order chi connectivity index (χ0) is 16.0. The van der Waals surface area contributed by atoms with E-state index in [1.807, 2.05) is 13.8 Å². The summed E-state index contributed by atoms with van der Waals surface area (Å²) in [5.74, 6) is -1.86. The minimum Gasteiger partial charge on any atom is -0.393 e. The normalized spacial score (nSPS) is 13.4. The van der Waals surface area contributed by atoms with Gasteiger partial charge in [0.05, 0.1) is 6.10 Å². The summed E-state index contributed by atoms with van der Waals surface area (Å²) in [6.45, 7) is 5.88. The highest BCUT2D eigenvalue weighted by atomic mass is 19.1. The molecule has 1 rings (SSSR count). The molecule has 1 aromatic rings. The van der Waals surface area contributed by atoms with Crippen molar-refractivity contribution in [3.63, 3.8) is 0 Å². The Morgan fingerprint density at radius 1 is 1.38 bits per heavy atom. The van der Waals surface area contributed by atoms with Crippen LogP contribution in [0.5, 0.6) is 0 Å². The number of carbonyl (C=O) groups is 1. The molecule has 1 amide bonds. The number of carbonyl (C=O) groups excluding carboxylic acids is 1. The fourth-order valence-electron chi connectivity index (χ4n) is 2.09. The van der Waals surface area contributed by atoms with E-state index in [9.17, 15) is 18.7 Å². The molecule has 5 heteroatoms. The number of rotatable bonds is 6. The summed E-state index contributed by atoms with van der Waals surface area (Å²) in [6.07, 6.45) is 2.29. The van der Waals surface area contributed by atoms with E-state index < -0.39 is 23.6 Å². The Balaban J connectivity index is 2.60. The maximum Gasteiger partial charge on any atom is 0.244 e. The number of halogens is 2. The standard InChI is InChI=1S/C16H21F2NO2/c1-11(20)9-16(2,3)10-19-15(21)8-7-12-13(17)5-4-6-14(12)18/h4-8,11,20H,9-10H2,1-3H3,(H,19,21). The van der Waals surface area contributed by atoms with Crippen molar-refractivity contribution in [1.82, 2.24) is 5.32 Å². The van der Waals surface area contributed by atoms with Gasteiger partial charge in [-0.3, -0.25) is 4.79 Å². The highest BCUT2D eigenvalue weighted by Gasteiger charge is 2.20. The number of nitrogens with one attached hydrogen (secondary N) is 1. The van der Waals surface area contributed by atoms with Crippen LogP contribution in [0.25, 0.3) is 6.08 Å². The van der Waals surface area contributed by atoms with Crippen molar-refractivity contribution in [2.24, 2.45) is 5.41 Å². The Hall–Kier alpha value is -1.75. The van der Waals surface area contributed by atoms with Crippen molar-refractivity contribution < 1.29 is 18.7 Å². The third-order valence-electron chi connectivity index (χ3n) is 2.99. The Labute approximate surface area is 123 Å². The first kappa shape index (κ1) is 17.3. The molecular formula is C16H21F2NO2. The predicted octanol–water partition coefficient (Wildman–Crippen LogP) is 2.89. The van der Waals surface area contributed by atoms with Crippen LogP contribution in [0.4, 0.5) is 8.78 Å². The van der Waals surface area contributed by atoms with Gasteiger partial charge >= 0.3 is 0 Å². The average Bonchev–Trinajstić information content (AvgIpc) is 2.34. The van der Waals surface area contributed by atoms with Gasteiger partial charge in [-0.15, -0.1) is 0 Å². The lowest BCUT2D eigenvalue weighted by Crippen LogP contribution is -2.34. The molecule has 0 spiro atoms. The molecule has 0 fully saturated rings. The Kier molecular flexibility index (Phi) is 6.03. The molecule has 0 bridgehead atoms. The molecule has 0 saturated carbocycles. The van der Waals surface area contributed by atoms with Gasteiger partial charge in [-0.05, 0) is 37.0 Å². The van der Waals surface area contributed by atoms with Gasteiger partial charge in [-0.25, -0.2) is 8.78 Å². The van der Waals surface area contributed by atoms with E-state index in [4.69, 9.17) is 0 Å². The smallest absolute Gasteiger partial charge is 0.244 e. The predicted molar refractivity (Wildman–Crippen MR) is 78.5 cm³/mol. The van der Waals surface area contributed by atoms with Crippen molar-refractivity contribution in [1.29, 1.82) is 0 Å². The third kappa shape index (κ3) is 6.04. The number of hydrogen-bond donors (Lipinski definition) is 2.